The molecule has 0 aromatic carbocycles. The van der Waals surface area contributed by atoms with Crippen LogP contribution in [-0.4, -0.2) is 7.05 Å². The topological polar surface area (TPSA) is 12.0 Å². The van der Waals surface area contributed by atoms with Crippen molar-refractivity contribution in [2.75, 3.05) is 7.05 Å². The lowest BCUT2D eigenvalue weighted by molar-refractivity contribution is 0.165. The van der Waals surface area contributed by atoms with E-state index in [1.165, 1.54) is 35.4 Å². The van der Waals surface area contributed by atoms with Gasteiger partial charge in [-0.25, -0.2) is 0 Å². The third-order valence-corrected chi connectivity index (χ3v) is 5.32. The first-order chi connectivity index (χ1) is 8.02. The van der Waals surface area contributed by atoms with Crippen LogP contribution >= 0.6 is 11.3 Å². The van der Waals surface area contributed by atoms with Crippen LogP contribution in [0.4, 0.5) is 0 Å². The highest BCUT2D eigenvalue weighted by Crippen LogP contribution is 2.43. The zero-order valence-corrected chi connectivity index (χ0v) is 12.4. The van der Waals surface area contributed by atoms with Gasteiger partial charge in [0.1, 0.15) is 0 Å². The standard InChI is InChI=1S/C15H25NS/c1-11-5-6-13(17-11)14(16-4)12-7-9-15(2,3)10-8-12/h5-6,12,14,16H,7-10H2,1-4H3. The number of aryl methyl sites for hydroxylation is 1. The Kier molecular flexibility index (Phi) is 3.94. The Morgan fingerprint density at radius 1 is 1.29 bits per heavy atom. The first-order valence-electron chi connectivity index (χ1n) is 6.75. The molecule has 1 saturated carbocycles. The summed E-state index contributed by atoms with van der Waals surface area (Å²) in [7, 11) is 2.11. The Balaban J connectivity index is 2.05. The molecule has 1 fully saturated rings. The smallest absolute Gasteiger partial charge is 0.0441 e. The molecule has 1 unspecified atom stereocenters. The number of hydrogen-bond donors (Lipinski definition) is 1. The summed E-state index contributed by atoms with van der Waals surface area (Å²) in [6.45, 7) is 7.02. The summed E-state index contributed by atoms with van der Waals surface area (Å²) in [6.07, 6.45) is 5.49. The van der Waals surface area contributed by atoms with Crippen molar-refractivity contribution >= 4 is 11.3 Å². The van der Waals surface area contributed by atoms with E-state index in [0.29, 0.717) is 11.5 Å². The Bertz CT molecular complexity index is 357. The molecule has 96 valence electrons. The summed E-state index contributed by atoms with van der Waals surface area (Å²) in [5.41, 5.74) is 0.570. The third kappa shape index (κ3) is 3.11. The maximum Gasteiger partial charge on any atom is 0.0441 e. The summed E-state index contributed by atoms with van der Waals surface area (Å²) in [6, 6.07) is 5.13. The van der Waals surface area contributed by atoms with Gasteiger partial charge in [-0.05, 0) is 63.1 Å². The number of rotatable bonds is 3. The fraction of sp³-hybridized carbons (Fsp3) is 0.733. The average molecular weight is 251 g/mol. The second kappa shape index (κ2) is 5.11. The Morgan fingerprint density at radius 3 is 2.41 bits per heavy atom. The van der Waals surface area contributed by atoms with E-state index >= 15 is 0 Å². The maximum atomic E-state index is 3.54. The van der Waals surface area contributed by atoms with E-state index in [0.717, 1.165) is 5.92 Å². The van der Waals surface area contributed by atoms with Crippen molar-refractivity contribution in [3.63, 3.8) is 0 Å². The molecule has 0 amide bonds. The van der Waals surface area contributed by atoms with Crippen molar-refractivity contribution < 1.29 is 0 Å². The molecule has 1 aliphatic rings. The van der Waals surface area contributed by atoms with E-state index in [4.69, 9.17) is 0 Å². The Hall–Kier alpha value is -0.340. The number of thiophene rings is 1. The fourth-order valence-corrected chi connectivity index (χ4v) is 4.07. The minimum atomic E-state index is 0.570. The average Bonchev–Trinajstić information content (AvgIpc) is 2.68. The zero-order valence-electron chi connectivity index (χ0n) is 11.5. The van der Waals surface area contributed by atoms with Gasteiger partial charge in [0, 0.05) is 15.8 Å². The van der Waals surface area contributed by atoms with Crippen LogP contribution in [0.1, 0.15) is 55.3 Å². The van der Waals surface area contributed by atoms with E-state index < -0.39 is 0 Å². The molecule has 0 radical (unpaired) electrons. The second-order valence-electron chi connectivity index (χ2n) is 6.22. The van der Waals surface area contributed by atoms with Crippen LogP contribution in [0, 0.1) is 18.3 Å². The molecule has 0 spiro atoms. The molecule has 1 aromatic heterocycles. The van der Waals surface area contributed by atoms with Gasteiger partial charge >= 0.3 is 0 Å². The van der Waals surface area contributed by atoms with Crippen LogP contribution in [0.3, 0.4) is 0 Å². The fourth-order valence-electron chi connectivity index (χ4n) is 2.99. The van der Waals surface area contributed by atoms with Gasteiger partial charge in [-0.2, -0.15) is 0 Å². The van der Waals surface area contributed by atoms with Crippen LogP contribution < -0.4 is 5.32 Å². The van der Waals surface area contributed by atoms with Crippen molar-refractivity contribution in [1.29, 1.82) is 0 Å². The third-order valence-electron chi connectivity index (χ3n) is 4.23. The van der Waals surface area contributed by atoms with Crippen LogP contribution in [0.2, 0.25) is 0 Å². The van der Waals surface area contributed by atoms with E-state index in [1.807, 2.05) is 11.3 Å². The first kappa shape index (κ1) is 13.1. The van der Waals surface area contributed by atoms with E-state index in [2.05, 4.69) is 45.3 Å². The molecule has 0 saturated heterocycles. The molecule has 0 aliphatic heterocycles. The van der Waals surface area contributed by atoms with Gasteiger partial charge in [0.2, 0.25) is 0 Å². The first-order valence-corrected chi connectivity index (χ1v) is 7.57. The molecular weight excluding hydrogens is 226 g/mol. The van der Waals surface area contributed by atoms with Crippen molar-refractivity contribution in [3.05, 3.63) is 21.9 Å². The summed E-state index contributed by atoms with van der Waals surface area (Å²) < 4.78 is 0. The van der Waals surface area contributed by atoms with E-state index in [1.54, 1.807) is 0 Å². The highest BCUT2D eigenvalue weighted by molar-refractivity contribution is 7.12. The van der Waals surface area contributed by atoms with Gasteiger partial charge in [0.05, 0.1) is 0 Å². The molecule has 1 aromatic rings. The molecule has 1 heterocycles. The molecule has 17 heavy (non-hydrogen) atoms. The van der Waals surface area contributed by atoms with Crippen molar-refractivity contribution in [3.8, 4) is 0 Å². The molecule has 2 rings (SSSR count). The van der Waals surface area contributed by atoms with Gasteiger partial charge in [-0.1, -0.05) is 13.8 Å². The lowest BCUT2D eigenvalue weighted by Crippen LogP contribution is -2.30. The summed E-state index contributed by atoms with van der Waals surface area (Å²) >= 11 is 1.95. The Labute approximate surface area is 110 Å². The van der Waals surface area contributed by atoms with Crippen molar-refractivity contribution in [2.24, 2.45) is 11.3 Å². The van der Waals surface area contributed by atoms with Crippen LogP contribution in [-0.2, 0) is 0 Å². The van der Waals surface area contributed by atoms with E-state index in [-0.39, 0.29) is 0 Å². The molecule has 1 N–H and O–H groups in total. The lowest BCUT2D eigenvalue weighted by atomic mass is 9.71. The summed E-state index contributed by atoms with van der Waals surface area (Å²) in [5.74, 6) is 0.825. The summed E-state index contributed by atoms with van der Waals surface area (Å²) in [4.78, 5) is 2.95. The zero-order chi connectivity index (χ0) is 12.5. The van der Waals surface area contributed by atoms with Gasteiger partial charge in [-0.3, -0.25) is 0 Å². The highest BCUT2D eigenvalue weighted by atomic mass is 32.1. The molecule has 1 aliphatic carbocycles. The lowest BCUT2D eigenvalue weighted by Gasteiger charge is -2.37. The van der Waals surface area contributed by atoms with Crippen molar-refractivity contribution in [1.82, 2.24) is 5.32 Å². The largest absolute Gasteiger partial charge is 0.312 e. The maximum absolute atomic E-state index is 3.54. The normalized spacial score (nSPS) is 22.6. The number of nitrogens with one attached hydrogen (secondary N) is 1. The SMILES string of the molecule is CNC(c1ccc(C)s1)C1CCC(C)(C)CC1. The molecule has 1 nitrogen and oxygen atoms in total. The van der Waals surface area contributed by atoms with Gasteiger partial charge in [-0.15, -0.1) is 11.3 Å². The van der Waals surface area contributed by atoms with Crippen molar-refractivity contribution in [2.45, 2.75) is 52.5 Å². The molecule has 2 heteroatoms. The van der Waals surface area contributed by atoms with Crippen LogP contribution in [0.15, 0.2) is 12.1 Å². The predicted molar refractivity (Wildman–Crippen MR) is 76.6 cm³/mol. The highest BCUT2D eigenvalue weighted by Gasteiger charge is 2.31. The molecule has 0 bridgehead atoms. The van der Waals surface area contributed by atoms with Gasteiger partial charge in [0.15, 0.2) is 0 Å². The minimum Gasteiger partial charge on any atom is -0.312 e. The van der Waals surface area contributed by atoms with Crippen LogP contribution in [0.5, 0.6) is 0 Å². The quantitative estimate of drug-likeness (QED) is 0.832. The molecular formula is C15H25NS. The Morgan fingerprint density at radius 2 is 1.94 bits per heavy atom. The van der Waals surface area contributed by atoms with Crippen LogP contribution in [0.25, 0.3) is 0 Å². The van der Waals surface area contributed by atoms with E-state index in [9.17, 15) is 0 Å². The van der Waals surface area contributed by atoms with Gasteiger partial charge < -0.3 is 5.32 Å². The number of hydrogen-bond acceptors (Lipinski definition) is 2. The van der Waals surface area contributed by atoms with Gasteiger partial charge in [0.25, 0.3) is 0 Å². The molecule has 1 atom stereocenters. The summed E-state index contributed by atoms with van der Waals surface area (Å²) in [5, 5.41) is 3.54. The monoisotopic (exact) mass is 251 g/mol. The predicted octanol–water partition coefficient (Wildman–Crippen LogP) is 4.53. The second-order valence-corrected chi connectivity index (χ2v) is 7.54. The minimum absolute atomic E-state index is 0.570.